The number of methoxy groups -OCH3 is 2. The fourth-order valence-corrected chi connectivity index (χ4v) is 3.12. The molecule has 7 nitrogen and oxygen atoms in total. The lowest BCUT2D eigenvalue weighted by Gasteiger charge is -2.30. The molecule has 0 fully saturated rings. The number of carbonyl (C=O) groups is 1. The molecular formula is C17H18N4O3S. The molecular weight excluding hydrogens is 340 g/mol. The van der Waals surface area contributed by atoms with Crippen molar-refractivity contribution in [1.29, 1.82) is 0 Å². The summed E-state index contributed by atoms with van der Waals surface area (Å²) in [6.45, 7) is 0. The Bertz CT molecular complexity index is 841. The van der Waals surface area contributed by atoms with Crippen LogP contribution in [0.4, 0.5) is 16.2 Å². The number of rotatable bonds is 4. The van der Waals surface area contributed by atoms with Gasteiger partial charge in [0.15, 0.2) is 11.5 Å². The number of ether oxygens (including phenoxy) is 2. The molecule has 0 bridgehead atoms. The second-order valence-corrected chi connectivity index (χ2v) is 5.87. The zero-order chi connectivity index (χ0) is 18.0. The maximum atomic E-state index is 11.1. The minimum atomic E-state index is -0.614. The van der Waals surface area contributed by atoms with Gasteiger partial charge in [-0.15, -0.1) is 0 Å². The van der Waals surface area contributed by atoms with Gasteiger partial charge in [-0.3, -0.25) is 4.31 Å². The van der Waals surface area contributed by atoms with E-state index in [1.165, 1.54) is 0 Å². The SMILES string of the molecule is COc1cc2c(cc1OC)C(c1cccc(NC(N)=O)c1)N(S)C=N2. The first-order chi connectivity index (χ1) is 12.0. The van der Waals surface area contributed by atoms with E-state index in [-0.39, 0.29) is 6.04 Å². The lowest BCUT2D eigenvalue weighted by Crippen LogP contribution is -2.23. The third-order valence-corrected chi connectivity index (χ3v) is 4.21. The summed E-state index contributed by atoms with van der Waals surface area (Å²) in [6, 6.07) is 10.3. The molecule has 0 radical (unpaired) electrons. The maximum absolute atomic E-state index is 11.1. The average molecular weight is 358 g/mol. The van der Waals surface area contributed by atoms with Crippen LogP contribution >= 0.6 is 12.8 Å². The summed E-state index contributed by atoms with van der Waals surface area (Å²) in [4.78, 5) is 15.5. The fourth-order valence-electron chi connectivity index (χ4n) is 2.81. The van der Waals surface area contributed by atoms with Crippen LogP contribution in [0.15, 0.2) is 41.4 Å². The highest BCUT2D eigenvalue weighted by Crippen LogP contribution is 2.44. The Morgan fingerprint density at radius 1 is 1.24 bits per heavy atom. The van der Waals surface area contributed by atoms with Crippen molar-refractivity contribution in [2.45, 2.75) is 6.04 Å². The Balaban J connectivity index is 2.09. The smallest absolute Gasteiger partial charge is 0.316 e. The second-order valence-electron chi connectivity index (χ2n) is 5.41. The number of hydrogen-bond donors (Lipinski definition) is 3. The van der Waals surface area contributed by atoms with E-state index >= 15 is 0 Å². The van der Waals surface area contributed by atoms with E-state index in [4.69, 9.17) is 15.2 Å². The van der Waals surface area contributed by atoms with E-state index in [9.17, 15) is 4.79 Å². The molecule has 3 N–H and O–H groups in total. The molecule has 8 heteroatoms. The van der Waals surface area contributed by atoms with Crippen molar-refractivity contribution < 1.29 is 14.3 Å². The molecule has 3 rings (SSSR count). The van der Waals surface area contributed by atoms with E-state index in [2.05, 4.69) is 23.1 Å². The Kier molecular flexibility index (Phi) is 4.71. The number of amides is 2. The van der Waals surface area contributed by atoms with E-state index in [0.29, 0.717) is 17.2 Å². The van der Waals surface area contributed by atoms with Gasteiger partial charge in [-0.25, -0.2) is 9.79 Å². The predicted molar refractivity (Wildman–Crippen MR) is 100 cm³/mol. The summed E-state index contributed by atoms with van der Waals surface area (Å²) < 4.78 is 12.4. The number of hydrogen-bond acceptors (Lipinski definition) is 6. The summed E-state index contributed by atoms with van der Waals surface area (Å²) in [5.74, 6) is 1.21. The Hall–Kier alpha value is -2.87. The number of fused-ring (bicyclic) bond motifs is 1. The molecule has 1 heterocycles. The molecule has 2 aromatic rings. The first kappa shape index (κ1) is 17.0. The topological polar surface area (TPSA) is 89.2 Å². The van der Waals surface area contributed by atoms with Crippen LogP contribution in [0.1, 0.15) is 17.2 Å². The van der Waals surface area contributed by atoms with Gasteiger partial charge in [0.1, 0.15) is 6.34 Å². The van der Waals surface area contributed by atoms with Gasteiger partial charge in [0.25, 0.3) is 0 Å². The molecule has 1 atom stereocenters. The zero-order valence-corrected chi connectivity index (χ0v) is 14.7. The number of nitrogens with two attached hydrogens (primary N) is 1. The predicted octanol–water partition coefficient (Wildman–Crippen LogP) is 3.10. The summed E-state index contributed by atoms with van der Waals surface area (Å²) in [6.07, 6.45) is 1.64. The Labute approximate surface area is 151 Å². The van der Waals surface area contributed by atoms with Crippen LogP contribution in [0.2, 0.25) is 0 Å². The zero-order valence-electron chi connectivity index (χ0n) is 13.8. The minimum absolute atomic E-state index is 0.217. The van der Waals surface area contributed by atoms with Crippen molar-refractivity contribution in [2.75, 3.05) is 19.5 Å². The number of aliphatic imine (C=N–C) groups is 1. The molecule has 0 saturated carbocycles. The summed E-state index contributed by atoms with van der Waals surface area (Å²) >= 11 is 4.51. The van der Waals surface area contributed by atoms with Gasteiger partial charge in [-0.05, 0) is 23.8 Å². The highest BCUT2D eigenvalue weighted by molar-refractivity contribution is 7.78. The van der Waals surface area contributed by atoms with Crippen LogP contribution in [0.5, 0.6) is 11.5 Å². The molecule has 2 amide bonds. The Morgan fingerprint density at radius 2 is 1.96 bits per heavy atom. The number of carbonyl (C=O) groups excluding carboxylic acids is 1. The van der Waals surface area contributed by atoms with Crippen molar-refractivity contribution in [3.8, 4) is 11.5 Å². The number of benzene rings is 2. The minimum Gasteiger partial charge on any atom is -0.493 e. The number of thiol groups is 1. The Morgan fingerprint density at radius 3 is 2.64 bits per heavy atom. The highest BCUT2D eigenvalue weighted by Gasteiger charge is 2.27. The van der Waals surface area contributed by atoms with Gasteiger partial charge in [0.05, 0.1) is 25.9 Å². The number of primary amides is 1. The number of nitrogens with one attached hydrogen (secondary N) is 1. The van der Waals surface area contributed by atoms with Crippen LogP contribution < -0.4 is 20.5 Å². The molecule has 25 heavy (non-hydrogen) atoms. The van der Waals surface area contributed by atoms with Crippen molar-refractivity contribution in [1.82, 2.24) is 4.31 Å². The molecule has 130 valence electrons. The number of urea groups is 1. The molecule has 1 aliphatic heterocycles. The molecule has 0 aromatic heterocycles. The van der Waals surface area contributed by atoms with Crippen LogP contribution in [0.25, 0.3) is 0 Å². The third kappa shape index (κ3) is 3.34. The largest absolute Gasteiger partial charge is 0.493 e. The van der Waals surface area contributed by atoms with E-state index in [0.717, 1.165) is 16.8 Å². The van der Waals surface area contributed by atoms with E-state index in [1.807, 2.05) is 30.3 Å². The number of nitrogens with zero attached hydrogens (tertiary/aromatic N) is 2. The highest BCUT2D eigenvalue weighted by atomic mass is 32.1. The quantitative estimate of drug-likeness (QED) is 0.733. The molecule has 1 aliphatic rings. The summed E-state index contributed by atoms with van der Waals surface area (Å²) in [5, 5.41) is 2.58. The fraction of sp³-hybridized carbons (Fsp3) is 0.176. The number of anilines is 1. The molecule has 2 aromatic carbocycles. The van der Waals surface area contributed by atoms with Gasteiger partial charge < -0.3 is 20.5 Å². The van der Waals surface area contributed by atoms with E-state index in [1.54, 1.807) is 30.9 Å². The second kappa shape index (κ2) is 6.94. The van der Waals surface area contributed by atoms with Crippen LogP contribution in [0, 0.1) is 0 Å². The lowest BCUT2D eigenvalue weighted by atomic mass is 9.95. The van der Waals surface area contributed by atoms with Gasteiger partial charge in [0, 0.05) is 17.3 Å². The van der Waals surface area contributed by atoms with Crippen LogP contribution in [0.3, 0.4) is 0 Å². The molecule has 0 aliphatic carbocycles. The third-order valence-electron chi connectivity index (χ3n) is 3.88. The molecule has 1 unspecified atom stereocenters. The molecule has 0 spiro atoms. The summed E-state index contributed by atoms with van der Waals surface area (Å²) in [5.41, 5.74) is 8.40. The van der Waals surface area contributed by atoms with Gasteiger partial charge in [-0.1, -0.05) is 24.9 Å². The maximum Gasteiger partial charge on any atom is 0.316 e. The van der Waals surface area contributed by atoms with Crippen molar-refractivity contribution in [3.05, 3.63) is 47.5 Å². The van der Waals surface area contributed by atoms with Crippen molar-refractivity contribution in [2.24, 2.45) is 10.7 Å². The monoisotopic (exact) mass is 358 g/mol. The van der Waals surface area contributed by atoms with Crippen molar-refractivity contribution >= 4 is 36.6 Å². The van der Waals surface area contributed by atoms with E-state index < -0.39 is 6.03 Å². The first-order valence-corrected chi connectivity index (χ1v) is 7.87. The summed E-state index contributed by atoms with van der Waals surface area (Å²) in [7, 11) is 3.17. The standard InChI is InChI=1S/C17H18N4O3S/c1-23-14-7-12-13(8-15(14)24-2)19-9-21(25)16(12)10-4-3-5-11(6-10)20-17(18)22/h3-9,16,25H,1-2H3,(H3,18,20,22). The molecule has 0 saturated heterocycles. The van der Waals surface area contributed by atoms with Crippen LogP contribution in [-0.2, 0) is 0 Å². The average Bonchev–Trinajstić information content (AvgIpc) is 2.60. The van der Waals surface area contributed by atoms with Gasteiger partial charge in [0.2, 0.25) is 0 Å². The normalized spacial score (nSPS) is 15.5. The van der Waals surface area contributed by atoms with Gasteiger partial charge in [-0.2, -0.15) is 0 Å². The van der Waals surface area contributed by atoms with Gasteiger partial charge >= 0.3 is 6.03 Å². The van der Waals surface area contributed by atoms with Crippen molar-refractivity contribution in [3.63, 3.8) is 0 Å². The first-order valence-electron chi connectivity index (χ1n) is 7.47. The lowest BCUT2D eigenvalue weighted by molar-refractivity contribution is 0.259. The van der Waals surface area contributed by atoms with Crippen LogP contribution in [-0.4, -0.2) is 30.9 Å².